The van der Waals surface area contributed by atoms with Gasteiger partial charge in [0.2, 0.25) is 5.91 Å². The van der Waals surface area contributed by atoms with Crippen LogP contribution < -0.4 is 11.1 Å². The van der Waals surface area contributed by atoms with Crippen LogP contribution in [0.3, 0.4) is 0 Å². The van der Waals surface area contributed by atoms with Crippen LogP contribution in [0.1, 0.15) is 38.5 Å². The Morgan fingerprint density at radius 2 is 1.62 bits per heavy atom. The first-order valence-electron chi connectivity index (χ1n) is 6.51. The molecule has 92 valence electrons. The maximum absolute atomic E-state index is 12.4. The molecular weight excluding hydrogens is 202 g/mol. The standard InChI is InChI=1S/C12H23N3O/c13-12(5-3-1-2-4-6-12)11(16)15-9-7-14-8-10-15/h14H,1-10,13H2. The van der Waals surface area contributed by atoms with E-state index in [2.05, 4.69) is 5.32 Å². The summed E-state index contributed by atoms with van der Waals surface area (Å²) in [5.74, 6) is 0.191. The smallest absolute Gasteiger partial charge is 0.242 e. The summed E-state index contributed by atoms with van der Waals surface area (Å²) in [7, 11) is 0. The molecule has 0 aromatic carbocycles. The van der Waals surface area contributed by atoms with Gasteiger partial charge in [-0.3, -0.25) is 4.79 Å². The maximum Gasteiger partial charge on any atom is 0.242 e. The van der Waals surface area contributed by atoms with Gasteiger partial charge in [0.1, 0.15) is 0 Å². The SMILES string of the molecule is NC1(C(=O)N2CCNCC2)CCCCCC1. The first kappa shape index (κ1) is 11.9. The van der Waals surface area contributed by atoms with Crippen molar-refractivity contribution in [2.24, 2.45) is 5.73 Å². The molecule has 2 aliphatic rings. The number of hydrogen-bond acceptors (Lipinski definition) is 3. The van der Waals surface area contributed by atoms with Gasteiger partial charge < -0.3 is 16.0 Å². The van der Waals surface area contributed by atoms with E-state index in [4.69, 9.17) is 5.73 Å². The van der Waals surface area contributed by atoms with Crippen molar-refractivity contribution in [3.8, 4) is 0 Å². The van der Waals surface area contributed by atoms with E-state index < -0.39 is 5.54 Å². The largest absolute Gasteiger partial charge is 0.339 e. The molecule has 1 amide bonds. The zero-order valence-corrected chi connectivity index (χ0v) is 10.0. The molecule has 3 N–H and O–H groups in total. The number of nitrogens with zero attached hydrogens (tertiary/aromatic N) is 1. The molecule has 0 spiro atoms. The zero-order chi connectivity index (χ0) is 11.4. The van der Waals surface area contributed by atoms with E-state index in [1.807, 2.05) is 4.90 Å². The van der Waals surface area contributed by atoms with Crippen LogP contribution in [0.2, 0.25) is 0 Å². The molecule has 16 heavy (non-hydrogen) atoms. The predicted molar refractivity (Wildman–Crippen MR) is 64.1 cm³/mol. The number of piperazine rings is 1. The molecule has 0 bridgehead atoms. The monoisotopic (exact) mass is 225 g/mol. The molecule has 0 aromatic heterocycles. The summed E-state index contributed by atoms with van der Waals surface area (Å²) in [5.41, 5.74) is 5.76. The topological polar surface area (TPSA) is 58.4 Å². The van der Waals surface area contributed by atoms with E-state index in [-0.39, 0.29) is 5.91 Å². The second-order valence-corrected chi connectivity index (χ2v) is 5.11. The summed E-state index contributed by atoms with van der Waals surface area (Å²) in [4.78, 5) is 14.3. The fourth-order valence-corrected chi connectivity index (χ4v) is 2.76. The summed E-state index contributed by atoms with van der Waals surface area (Å²) in [6.07, 6.45) is 6.41. The van der Waals surface area contributed by atoms with Crippen molar-refractivity contribution < 1.29 is 4.79 Å². The van der Waals surface area contributed by atoms with Crippen molar-refractivity contribution in [2.75, 3.05) is 26.2 Å². The van der Waals surface area contributed by atoms with Crippen molar-refractivity contribution in [3.63, 3.8) is 0 Å². The van der Waals surface area contributed by atoms with Crippen molar-refractivity contribution >= 4 is 5.91 Å². The van der Waals surface area contributed by atoms with E-state index in [0.29, 0.717) is 0 Å². The number of rotatable bonds is 1. The molecule has 0 atom stereocenters. The Morgan fingerprint density at radius 1 is 1.06 bits per heavy atom. The number of nitrogens with two attached hydrogens (primary N) is 1. The number of hydrogen-bond donors (Lipinski definition) is 2. The Hall–Kier alpha value is -0.610. The summed E-state index contributed by atoms with van der Waals surface area (Å²) in [6.45, 7) is 3.44. The van der Waals surface area contributed by atoms with Crippen LogP contribution in [0.5, 0.6) is 0 Å². The third-order valence-corrected chi connectivity index (χ3v) is 3.83. The lowest BCUT2D eigenvalue weighted by atomic mass is 9.89. The highest BCUT2D eigenvalue weighted by molar-refractivity contribution is 5.86. The van der Waals surface area contributed by atoms with Gasteiger partial charge in [-0.15, -0.1) is 0 Å². The van der Waals surface area contributed by atoms with Crippen molar-refractivity contribution in [2.45, 2.75) is 44.1 Å². The second-order valence-electron chi connectivity index (χ2n) is 5.11. The molecule has 2 rings (SSSR count). The summed E-state index contributed by atoms with van der Waals surface area (Å²) in [5, 5.41) is 3.26. The minimum absolute atomic E-state index is 0.191. The molecule has 1 aliphatic carbocycles. The number of carbonyl (C=O) groups is 1. The van der Waals surface area contributed by atoms with Crippen molar-refractivity contribution in [1.29, 1.82) is 0 Å². The molecule has 0 aromatic rings. The van der Waals surface area contributed by atoms with E-state index in [9.17, 15) is 4.79 Å². The van der Waals surface area contributed by atoms with Gasteiger partial charge in [0.05, 0.1) is 5.54 Å². The molecule has 2 fully saturated rings. The highest BCUT2D eigenvalue weighted by atomic mass is 16.2. The first-order chi connectivity index (χ1) is 7.72. The lowest BCUT2D eigenvalue weighted by molar-refractivity contribution is -0.138. The lowest BCUT2D eigenvalue weighted by Gasteiger charge is -2.36. The fraction of sp³-hybridized carbons (Fsp3) is 0.917. The van der Waals surface area contributed by atoms with Gasteiger partial charge in [-0.05, 0) is 12.8 Å². The molecule has 4 heteroatoms. The van der Waals surface area contributed by atoms with E-state index in [1.54, 1.807) is 0 Å². The van der Waals surface area contributed by atoms with Crippen LogP contribution in [-0.4, -0.2) is 42.5 Å². The molecule has 1 aliphatic heterocycles. The quantitative estimate of drug-likeness (QED) is 0.638. The molecule has 1 heterocycles. The Morgan fingerprint density at radius 3 is 2.19 bits per heavy atom. The van der Waals surface area contributed by atoms with Crippen LogP contribution in [-0.2, 0) is 4.79 Å². The van der Waals surface area contributed by atoms with Gasteiger partial charge in [-0.2, -0.15) is 0 Å². The summed E-state index contributed by atoms with van der Waals surface area (Å²) < 4.78 is 0. The zero-order valence-electron chi connectivity index (χ0n) is 10.0. The van der Waals surface area contributed by atoms with Crippen LogP contribution in [0.15, 0.2) is 0 Å². The van der Waals surface area contributed by atoms with Gasteiger partial charge in [0.25, 0.3) is 0 Å². The Labute approximate surface area is 97.6 Å². The molecule has 4 nitrogen and oxygen atoms in total. The van der Waals surface area contributed by atoms with Crippen LogP contribution >= 0.6 is 0 Å². The van der Waals surface area contributed by atoms with Gasteiger partial charge in [0.15, 0.2) is 0 Å². The van der Waals surface area contributed by atoms with Crippen LogP contribution in [0.4, 0.5) is 0 Å². The molecular formula is C12H23N3O. The minimum Gasteiger partial charge on any atom is -0.339 e. The Balaban J connectivity index is 1.99. The number of carbonyl (C=O) groups excluding carboxylic acids is 1. The fourth-order valence-electron chi connectivity index (χ4n) is 2.76. The first-order valence-corrected chi connectivity index (χ1v) is 6.51. The van der Waals surface area contributed by atoms with Crippen molar-refractivity contribution in [1.82, 2.24) is 10.2 Å². The third-order valence-electron chi connectivity index (χ3n) is 3.83. The highest BCUT2D eigenvalue weighted by Crippen LogP contribution is 2.26. The van der Waals surface area contributed by atoms with Crippen molar-refractivity contribution in [3.05, 3.63) is 0 Å². The van der Waals surface area contributed by atoms with Gasteiger partial charge in [-0.1, -0.05) is 25.7 Å². The normalized spacial score (nSPS) is 26.2. The number of nitrogens with one attached hydrogen (secondary N) is 1. The molecule has 0 radical (unpaired) electrons. The summed E-state index contributed by atoms with van der Waals surface area (Å²) in [6, 6.07) is 0. The Kier molecular flexibility index (Phi) is 3.82. The van der Waals surface area contributed by atoms with Gasteiger partial charge in [-0.25, -0.2) is 0 Å². The van der Waals surface area contributed by atoms with Gasteiger partial charge in [0, 0.05) is 26.2 Å². The van der Waals surface area contributed by atoms with E-state index >= 15 is 0 Å². The summed E-state index contributed by atoms with van der Waals surface area (Å²) >= 11 is 0. The second kappa shape index (κ2) is 5.15. The number of amides is 1. The molecule has 0 unspecified atom stereocenters. The highest BCUT2D eigenvalue weighted by Gasteiger charge is 2.37. The molecule has 1 saturated heterocycles. The van der Waals surface area contributed by atoms with Crippen LogP contribution in [0.25, 0.3) is 0 Å². The van der Waals surface area contributed by atoms with E-state index in [1.165, 1.54) is 12.8 Å². The average molecular weight is 225 g/mol. The minimum atomic E-state index is -0.562. The Bertz CT molecular complexity index is 241. The molecule has 1 saturated carbocycles. The maximum atomic E-state index is 12.4. The average Bonchev–Trinajstić information content (AvgIpc) is 2.55. The van der Waals surface area contributed by atoms with E-state index in [0.717, 1.165) is 51.9 Å². The predicted octanol–water partition coefficient (Wildman–Crippen LogP) is 0.470. The van der Waals surface area contributed by atoms with Gasteiger partial charge >= 0.3 is 0 Å². The lowest BCUT2D eigenvalue weighted by Crippen LogP contribution is -2.58. The third kappa shape index (κ3) is 2.55. The van der Waals surface area contributed by atoms with Crippen LogP contribution in [0, 0.1) is 0 Å².